The standard InChI is InChI=1S/C36H52O12/c1-31(2,45)12-11-23(39)36(8,46)28-19(38)14-33(5)22-10-9-17-18(35(22,7)24(40)15-34(28,33)6)13-20(29(44)32(17,3)4)47-30-27(43)26(42)25(41)21(16-37)48-30/h9,11-13,18-19,21-22,25-28,30,37-38,41-43,45-46H,10,14-16H2,1-8H3/b12-11+/t18?,19-,21?,22?,25-,26+,27?,28?,30-,33+,34-,35+,36?/m1/s1. The second-order valence-corrected chi connectivity index (χ2v) is 16.7. The molecule has 0 amide bonds. The van der Waals surface area contributed by atoms with E-state index in [0.29, 0.717) is 6.42 Å². The fourth-order valence-electron chi connectivity index (χ4n) is 9.94. The number of ether oxygens (including phenoxy) is 2. The predicted octanol–water partition coefficient (Wildman–Crippen LogP) is 0.878. The van der Waals surface area contributed by atoms with Crippen molar-refractivity contribution in [3.8, 4) is 0 Å². The molecule has 7 N–H and O–H groups in total. The van der Waals surface area contributed by atoms with Crippen LogP contribution in [0.25, 0.3) is 0 Å². The first-order valence-electron chi connectivity index (χ1n) is 16.7. The van der Waals surface area contributed by atoms with E-state index >= 15 is 0 Å². The topological polar surface area (TPSA) is 211 Å². The highest BCUT2D eigenvalue weighted by molar-refractivity contribution is 6.02. The summed E-state index contributed by atoms with van der Waals surface area (Å²) in [4.78, 5) is 41.9. The van der Waals surface area contributed by atoms with Crippen LogP contribution in [0.2, 0.25) is 0 Å². The lowest BCUT2D eigenvalue weighted by Crippen LogP contribution is -2.64. The second kappa shape index (κ2) is 11.6. The van der Waals surface area contributed by atoms with Gasteiger partial charge in [0.15, 0.2) is 11.5 Å². The van der Waals surface area contributed by atoms with Gasteiger partial charge < -0.3 is 45.2 Å². The molecular formula is C36H52O12. The summed E-state index contributed by atoms with van der Waals surface area (Å²) in [6, 6.07) is 0. The lowest BCUT2D eigenvalue weighted by atomic mass is 9.39. The molecule has 0 aromatic carbocycles. The van der Waals surface area contributed by atoms with E-state index in [-0.39, 0.29) is 24.4 Å². The lowest BCUT2D eigenvalue weighted by molar-refractivity contribution is -0.291. The Morgan fingerprint density at radius 1 is 1.00 bits per heavy atom. The number of hydrogen-bond donors (Lipinski definition) is 7. The minimum Gasteiger partial charge on any atom is -0.459 e. The van der Waals surface area contributed by atoms with Gasteiger partial charge in [0.05, 0.1) is 23.7 Å². The van der Waals surface area contributed by atoms with Gasteiger partial charge in [0.2, 0.25) is 12.1 Å². The van der Waals surface area contributed by atoms with Gasteiger partial charge >= 0.3 is 0 Å². The zero-order valence-corrected chi connectivity index (χ0v) is 29.0. The summed E-state index contributed by atoms with van der Waals surface area (Å²) in [5.74, 6) is -3.51. The number of aliphatic hydroxyl groups excluding tert-OH is 5. The average molecular weight is 677 g/mol. The molecule has 12 heteroatoms. The minimum atomic E-state index is -2.05. The smallest absolute Gasteiger partial charge is 0.229 e. The number of carbonyl (C=O) groups is 3. The van der Waals surface area contributed by atoms with Gasteiger partial charge in [-0.05, 0) is 76.4 Å². The summed E-state index contributed by atoms with van der Waals surface area (Å²) in [5, 5.41) is 74.4. The number of fused-ring (bicyclic) bond motifs is 5. The molecule has 3 fully saturated rings. The molecule has 1 saturated heterocycles. The normalized spacial score (nSPS) is 45.4. The van der Waals surface area contributed by atoms with Crippen LogP contribution in [0.5, 0.6) is 0 Å². The van der Waals surface area contributed by atoms with E-state index in [9.17, 15) is 50.1 Å². The van der Waals surface area contributed by atoms with Crippen molar-refractivity contribution in [1.82, 2.24) is 0 Å². The molecule has 268 valence electrons. The summed E-state index contributed by atoms with van der Waals surface area (Å²) in [6.45, 7) is 12.8. The number of hydrogen-bond acceptors (Lipinski definition) is 12. The van der Waals surface area contributed by atoms with Gasteiger partial charge in [0.1, 0.15) is 35.8 Å². The second-order valence-electron chi connectivity index (χ2n) is 16.7. The maximum Gasteiger partial charge on any atom is 0.229 e. The molecule has 2 saturated carbocycles. The van der Waals surface area contributed by atoms with Crippen LogP contribution in [0, 0.1) is 39.4 Å². The van der Waals surface area contributed by atoms with Crippen LogP contribution in [-0.2, 0) is 23.9 Å². The number of rotatable bonds is 7. The third-order valence-corrected chi connectivity index (χ3v) is 12.9. The number of carbonyl (C=O) groups excluding carboxylic acids is 3. The van der Waals surface area contributed by atoms with Crippen LogP contribution >= 0.6 is 0 Å². The van der Waals surface area contributed by atoms with Crippen molar-refractivity contribution in [2.75, 3.05) is 6.61 Å². The van der Waals surface area contributed by atoms with E-state index in [0.717, 1.165) is 11.6 Å². The third-order valence-electron chi connectivity index (χ3n) is 12.9. The Kier molecular flexibility index (Phi) is 8.96. The lowest BCUT2D eigenvalue weighted by Gasteiger charge is -2.63. The summed E-state index contributed by atoms with van der Waals surface area (Å²) >= 11 is 0. The van der Waals surface area contributed by atoms with Crippen LogP contribution < -0.4 is 0 Å². The van der Waals surface area contributed by atoms with Gasteiger partial charge in [-0.15, -0.1) is 0 Å². The Labute approximate surface area is 281 Å². The van der Waals surface area contributed by atoms with Crippen molar-refractivity contribution in [2.45, 2.75) is 123 Å². The molecule has 48 heavy (non-hydrogen) atoms. The molecule has 0 aromatic rings. The van der Waals surface area contributed by atoms with E-state index in [1.54, 1.807) is 19.9 Å². The quantitative estimate of drug-likeness (QED) is 0.148. The number of allylic oxidation sites excluding steroid dienone is 4. The summed E-state index contributed by atoms with van der Waals surface area (Å²) in [7, 11) is 0. The van der Waals surface area contributed by atoms with E-state index in [1.807, 2.05) is 26.8 Å². The van der Waals surface area contributed by atoms with E-state index in [4.69, 9.17) is 9.47 Å². The average Bonchev–Trinajstić information content (AvgIpc) is 3.19. The summed E-state index contributed by atoms with van der Waals surface area (Å²) in [6.07, 6.45) is -2.56. The Morgan fingerprint density at radius 3 is 2.21 bits per heavy atom. The van der Waals surface area contributed by atoms with Gasteiger partial charge in [0.25, 0.3) is 0 Å². The molecule has 12 nitrogen and oxygen atoms in total. The molecule has 5 rings (SSSR count). The van der Waals surface area contributed by atoms with Crippen LogP contribution in [0.1, 0.15) is 74.7 Å². The Balaban J connectivity index is 1.55. The molecule has 0 bridgehead atoms. The first kappa shape index (κ1) is 37.0. The predicted molar refractivity (Wildman–Crippen MR) is 171 cm³/mol. The maximum absolute atomic E-state index is 14.7. The van der Waals surface area contributed by atoms with Crippen LogP contribution in [0.4, 0.5) is 0 Å². The van der Waals surface area contributed by atoms with Crippen molar-refractivity contribution < 1.29 is 59.6 Å². The van der Waals surface area contributed by atoms with Crippen molar-refractivity contribution in [3.05, 3.63) is 35.6 Å². The van der Waals surface area contributed by atoms with Crippen molar-refractivity contribution in [1.29, 1.82) is 0 Å². The number of Topliss-reactive ketones (excluding diaryl/α,β-unsaturated/α-hetero) is 2. The Bertz CT molecular complexity index is 1450. The van der Waals surface area contributed by atoms with Gasteiger partial charge in [-0.25, -0.2) is 0 Å². The molecule has 0 spiro atoms. The van der Waals surface area contributed by atoms with Crippen LogP contribution in [0.3, 0.4) is 0 Å². The van der Waals surface area contributed by atoms with E-state index < -0.39 is 106 Å². The minimum absolute atomic E-state index is 0.0637. The zero-order chi connectivity index (χ0) is 36.2. The van der Waals surface area contributed by atoms with Gasteiger partial charge in [0, 0.05) is 23.7 Å². The SMILES string of the molecule is CC(C)(O)/C=C/C(=O)C(C)(O)C1[C@H](O)C[C@@]2(C)C3CC=C4C(C=C(O[C@@H]5OC(CO)[C@@H](O)[C@H](O)C5O)C(=O)C4(C)C)[C@]3(C)C(=O)C[C@]12C. The molecule has 4 aliphatic carbocycles. The van der Waals surface area contributed by atoms with E-state index in [1.165, 1.54) is 26.8 Å². The van der Waals surface area contributed by atoms with Crippen LogP contribution in [0.15, 0.2) is 35.6 Å². The van der Waals surface area contributed by atoms with Gasteiger partial charge in [-0.1, -0.05) is 38.5 Å². The zero-order valence-electron chi connectivity index (χ0n) is 29.0. The Hall–Kier alpha value is -2.29. The molecule has 1 aliphatic heterocycles. The molecule has 13 atom stereocenters. The highest BCUT2D eigenvalue weighted by Crippen LogP contribution is 2.73. The first-order valence-corrected chi connectivity index (χ1v) is 16.7. The van der Waals surface area contributed by atoms with Crippen molar-refractivity contribution in [3.63, 3.8) is 0 Å². The van der Waals surface area contributed by atoms with E-state index in [2.05, 4.69) is 0 Å². The monoisotopic (exact) mass is 676 g/mol. The third kappa shape index (κ3) is 5.21. The molecular weight excluding hydrogens is 624 g/mol. The fraction of sp³-hybridized carbons (Fsp3) is 0.750. The Morgan fingerprint density at radius 2 is 1.62 bits per heavy atom. The molecule has 1 heterocycles. The highest BCUT2D eigenvalue weighted by atomic mass is 16.7. The summed E-state index contributed by atoms with van der Waals surface area (Å²) < 4.78 is 11.5. The van der Waals surface area contributed by atoms with Gasteiger partial charge in [-0.2, -0.15) is 0 Å². The van der Waals surface area contributed by atoms with Crippen molar-refractivity contribution >= 4 is 17.3 Å². The number of ketones is 3. The first-order chi connectivity index (χ1) is 21.9. The molecule has 5 aliphatic rings. The fourth-order valence-corrected chi connectivity index (χ4v) is 9.94. The molecule has 0 aromatic heterocycles. The molecule has 0 radical (unpaired) electrons. The largest absolute Gasteiger partial charge is 0.459 e. The maximum atomic E-state index is 14.7. The van der Waals surface area contributed by atoms with Gasteiger partial charge in [-0.3, -0.25) is 14.4 Å². The summed E-state index contributed by atoms with van der Waals surface area (Å²) in [5.41, 5.74) is -6.65. The van der Waals surface area contributed by atoms with Crippen LogP contribution in [-0.4, -0.2) is 108 Å². The molecule has 6 unspecified atom stereocenters. The number of aliphatic hydroxyl groups is 7. The van der Waals surface area contributed by atoms with Crippen molar-refractivity contribution in [2.24, 2.45) is 39.4 Å². The highest BCUT2D eigenvalue weighted by Gasteiger charge is 2.74.